The summed E-state index contributed by atoms with van der Waals surface area (Å²) in [7, 11) is 0. The van der Waals surface area contributed by atoms with E-state index in [1.165, 1.54) is 25.7 Å². The van der Waals surface area contributed by atoms with Gasteiger partial charge in [0.15, 0.2) is 0 Å². The molecule has 0 aromatic rings. The number of rotatable bonds is 4. The third-order valence-corrected chi connectivity index (χ3v) is 6.21. The number of nitrogens with one attached hydrogen (secondary N) is 1. The first-order chi connectivity index (χ1) is 12.8. The third-order valence-electron chi connectivity index (χ3n) is 6.21. The molecule has 3 aliphatic rings. The van der Waals surface area contributed by atoms with E-state index in [1.54, 1.807) is 0 Å². The van der Waals surface area contributed by atoms with E-state index in [9.17, 15) is 9.59 Å². The van der Waals surface area contributed by atoms with Gasteiger partial charge < -0.3 is 10.2 Å². The zero-order valence-corrected chi connectivity index (χ0v) is 17.5. The lowest BCUT2D eigenvalue weighted by Gasteiger charge is -2.39. The summed E-state index contributed by atoms with van der Waals surface area (Å²) in [5, 5.41) is 2.95. The first-order valence-electron chi connectivity index (χ1n) is 10.9. The van der Waals surface area contributed by atoms with Gasteiger partial charge in [0.1, 0.15) is 0 Å². The van der Waals surface area contributed by atoms with Gasteiger partial charge in [-0.1, -0.05) is 33.6 Å². The molecule has 0 aromatic heterocycles. The van der Waals surface area contributed by atoms with E-state index < -0.39 is 0 Å². The highest BCUT2D eigenvalue weighted by Gasteiger charge is 2.35. The van der Waals surface area contributed by atoms with Gasteiger partial charge in [-0.2, -0.15) is 0 Å². The van der Waals surface area contributed by atoms with Gasteiger partial charge in [-0.3, -0.25) is 19.4 Å². The Hall–Kier alpha value is -1.14. The molecule has 1 atom stereocenters. The number of carbonyl (C=O) groups excluding carboxylic acids is 2. The first kappa shape index (κ1) is 20.6. The smallest absolute Gasteiger partial charge is 0.237 e. The highest BCUT2D eigenvalue weighted by Crippen LogP contribution is 2.25. The zero-order valence-electron chi connectivity index (χ0n) is 17.5. The minimum Gasteiger partial charge on any atom is -0.353 e. The van der Waals surface area contributed by atoms with E-state index in [-0.39, 0.29) is 23.3 Å². The number of hydrogen-bond donors (Lipinski definition) is 1. The lowest BCUT2D eigenvalue weighted by molar-refractivity contribution is -0.139. The molecule has 6 nitrogen and oxygen atoms in total. The van der Waals surface area contributed by atoms with Crippen LogP contribution in [0.15, 0.2) is 0 Å². The molecule has 27 heavy (non-hydrogen) atoms. The summed E-state index contributed by atoms with van der Waals surface area (Å²) >= 11 is 0. The van der Waals surface area contributed by atoms with Crippen molar-refractivity contribution in [2.24, 2.45) is 5.41 Å². The van der Waals surface area contributed by atoms with E-state index in [2.05, 4.69) is 35.9 Å². The largest absolute Gasteiger partial charge is 0.353 e. The van der Waals surface area contributed by atoms with Crippen molar-refractivity contribution in [3.8, 4) is 0 Å². The van der Waals surface area contributed by atoms with Crippen LogP contribution in [0.4, 0.5) is 0 Å². The summed E-state index contributed by atoms with van der Waals surface area (Å²) < 4.78 is 0. The number of piperazine rings is 1. The fraction of sp³-hybridized carbons (Fsp3) is 0.905. The van der Waals surface area contributed by atoms with Crippen LogP contribution in [-0.2, 0) is 9.59 Å². The molecule has 154 valence electrons. The maximum atomic E-state index is 13.0. The van der Waals surface area contributed by atoms with Crippen molar-refractivity contribution in [3.63, 3.8) is 0 Å². The van der Waals surface area contributed by atoms with Gasteiger partial charge in [-0.05, 0) is 24.7 Å². The van der Waals surface area contributed by atoms with E-state index in [1.807, 2.05) is 4.90 Å². The molecular formula is C21H38N4O2. The second kappa shape index (κ2) is 8.91. The van der Waals surface area contributed by atoms with Crippen LogP contribution in [0.5, 0.6) is 0 Å². The van der Waals surface area contributed by atoms with Crippen LogP contribution >= 0.6 is 0 Å². The average molecular weight is 379 g/mol. The zero-order chi connectivity index (χ0) is 19.4. The minimum atomic E-state index is -0.320. The second-order valence-electron chi connectivity index (χ2n) is 9.75. The van der Waals surface area contributed by atoms with Crippen LogP contribution in [0.2, 0.25) is 0 Å². The lowest BCUT2D eigenvalue weighted by atomic mass is 9.94. The van der Waals surface area contributed by atoms with Gasteiger partial charge in [-0.15, -0.1) is 0 Å². The molecular weight excluding hydrogens is 340 g/mol. The number of carbonyl (C=O) groups is 2. The Labute approximate surface area is 164 Å². The molecule has 0 radical (unpaired) electrons. The summed E-state index contributed by atoms with van der Waals surface area (Å²) in [5.74, 6) is 0.158. The van der Waals surface area contributed by atoms with Gasteiger partial charge in [0, 0.05) is 51.9 Å². The lowest BCUT2D eigenvalue weighted by Crippen LogP contribution is -2.58. The molecule has 3 rings (SSSR count). The summed E-state index contributed by atoms with van der Waals surface area (Å²) in [4.78, 5) is 32.3. The second-order valence-corrected chi connectivity index (χ2v) is 9.75. The molecule has 2 aliphatic heterocycles. The SMILES string of the molecule is CC(C)(C)CN1CCNC(=O)C1CC(=O)N1CCCN(C2CCCC2)CC1. The Morgan fingerprint density at radius 1 is 1.04 bits per heavy atom. The summed E-state index contributed by atoms with van der Waals surface area (Å²) in [5.41, 5.74) is 0.114. The van der Waals surface area contributed by atoms with Gasteiger partial charge >= 0.3 is 0 Å². The molecule has 1 saturated carbocycles. The summed E-state index contributed by atoms with van der Waals surface area (Å²) in [6.45, 7) is 12.6. The number of hydrogen-bond acceptors (Lipinski definition) is 4. The van der Waals surface area contributed by atoms with E-state index in [4.69, 9.17) is 0 Å². The fourth-order valence-corrected chi connectivity index (χ4v) is 4.90. The van der Waals surface area contributed by atoms with Gasteiger partial charge in [0.05, 0.1) is 12.5 Å². The van der Waals surface area contributed by atoms with E-state index in [0.717, 1.165) is 51.7 Å². The van der Waals surface area contributed by atoms with Crippen molar-refractivity contribution in [3.05, 3.63) is 0 Å². The molecule has 0 bridgehead atoms. The van der Waals surface area contributed by atoms with Crippen molar-refractivity contribution in [1.29, 1.82) is 0 Å². The maximum Gasteiger partial charge on any atom is 0.237 e. The first-order valence-corrected chi connectivity index (χ1v) is 10.9. The molecule has 0 spiro atoms. The highest BCUT2D eigenvalue weighted by molar-refractivity contribution is 5.88. The van der Waals surface area contributed by atoms with Crippen LogP contribution in [0.1, 0.15) is 59.3 Å². The van der Waals surface area contributed by atoms with Crippen LogP contribution in [0.25, 0.3) is 0 Å². The Morgan fingerprint density at radius 3 is 2.48 bits per heavy atom. The van der Waals surface area contributed by atoms with Crippen LogP contribution in [-0.4, -0.2) is 84.4 Å². The van der Waals surface area contributed by atoms with Crippen molar-refractivity contribution in [2.75, 3.05) is 45.8 Å². The molecule has 2 heterocycles. The predicted molar refractivity (Wildman–Crippen MR) is 107 cm³/mol. The Bertz CT molecular complexity index is 525. The molecule has 2 saturated heterocycles. The average Bonchev–Trinajstić information content (AvgIpc) is 3.01. The topological polar surface area (TPSA) is 55.9 Å². The standard InChI is InChI=1S/C21H38N4O2/c1-21(2,3)16-25-12-9-22-20(27)18(25)15-19(26)24-11-6-10-23(13-14-24)17-7-4-5-8-17/h17-18H,4-16H2,1-3H3,(H,22,27). The van der Waals surface area contributed by atoms with Crippen LogP contribution in [0.3, 0.4) is 0 Å². The molecule has 2 amide bonds. The monoisotopic (exact) mass is 378 g/mol. The summed E-state index contributed by atoms with van der Waals surface area (Å²) in [6, 6.07) is 0.408. The highest BCUT2D eigenvalue weighted by atomic mass is 16.2. The van der Waals surface area contributed by atoms with Crippen molar-refractivity contribution >= 4 is 11.8 Å². The van der Waals surface area contributed by atoms with Crippen molar-refractivity contribution in [1.82, 2.24) is 20.0 Å². The number of amides is 2. The van der Waals surface area contributed by atoms with Gasteiger partial charge in [-0.25, -0.2) is 0 Å². The molecule has 3 fully saturated rings. The predicted octanol–water partition coefficient (Wildman–Crippen LogP) is 1.70. The van der Waals surface area contributed by atoms with Gasteiger partial charge in [0.2, 0.25) is 11.8 Å². The Balaban J connectivity index is 1.56. The Morgan fingerprint density at radius 2 is 1.78 bits per heavy atom. The minimum absolute atomic E-state index is 0.0151. The van der Waals surface area contributed by atoms with E-state index >= 15 is 0 Å². The molecule has 6 heteroatoms. The molecule has 1 unspecified atom stereocenters. The quantitative estimate of drug-likeness (QED) is 0.809. The third kappa shape index (κ3) is 5.67. The van der Waals surface area contributed by atoms with E-state index in [0.29, 0.717) is 13.0 Å². The molecule has 0 aromatic carbocycles. The van der Waals surface area contributed by atoms with Gasteiger partial charge in [0.25, 0.3) is 0 Å². The fourth-order valence-electron chi connectivity index (χ4n) is 4.90. The summed E-state index contributed by atoms with van der Waals surface area (Å²) in [6.07, 6.45) is 6.69. The van der Waals surface area contributed by atoms with Crippen LogP contribution < -0.4 is 5.32 Å². The van der Waals surface area contributed by atoms with Crippen LogP contribution in [0, 0.1) is 5.41 Å². The van der Waals surface area contributed by atoms with Crippen molar-refractivity contribution in [2.45, 2.75) is 71.4 Å². The van der Waals surface area contributed by atoms with Crippen molar-refractivity contribution < 1.29 is 9.59 Å². The molecule has 1 N–H and O–H groups in total. The normalized spacial score (nSPS) is 26.9. The molecule has 1 aliphatic carbocycles. The maximum absolute atomic E-state index is 13.0. The number of nitrogens with zero attached hydrogens (tertiary/aromatic N) is 3. The Kier molecular flexibility index (Phi) is 6.79.